The van der Waals surface area contributed by atoms with E-state index in [0.29, 0.717) is 5.78 Å². The minimum absolute atomic E-state index is 0.244. The molecule has 0 atom stereocenters. The predicted molar refractivity (Wildman–Crippen MR) is 82.8 cm³/mol. The van der Waals surface area contributed by atoms with Crippen LogP contribution < -0.4 is 0 Å². The Morgan fingerprint density at radius 3 is 1.43 bits per heavy atom. The quantitative estimate of drug-likeness (QED) is 0.718. The van der Waals surface area contributed by atoms with E-state index in [2.05, 4.69) is 0 Å². The number of ether oxygens (including phenoxy) is 2. The molecule has 3 saturated carbocycles. The number of ketones is 1. The number of halogens is 2. The van der Waals surface area contributed by atoms with Gasteiger partial charge in [0.1, 0.15) is 4.33 Å². The molecule has 3 rings (SSSR count). The molecule has 0 radical (unpaired) electrons. The maximum atomic E-state index is 13.1. The largest absolute Gasteiger partial charge is 0.381 e. The molecule has 120 valence electrons. The standard InChI is InChI=1S/C16H24Cl2O3/c1-20-11-3-7-14(8-4-11)13(19)15(16(14,17)18)9-5-12(21-2)6-10-15/h11-12H,3-10H2,1-2H3. The Labute approximate surface area is 136 Å². The zero-order valence-electron chi connectivity index (χ0n) is 12.8. The highest BCUT2D eigenvalue weighted by molar-refractivity contribution is 6.55. The summed E-state index contributed by atoms with van der Waals surface area (Å²) in [5, 5.41) is 0. The van der Waals surface area contributed by atoms with Gasteiger partial charge < -0.3 is 9.47 Å². The first-order valence-corrected chi connectivity index (χ1v) is 8.67. The average Bonchev–Trinajstić information content (AvgIpc) is 2.53. The van der Waals surface area contributed by atoms with Crippen LogP contribution in [-0.2, 0) is 14.3 Å². The van der Waals surface area contributed by atoms with Crippen LogP contribution >= 0.6 is 23.2 Å². The molecule has 0 aromatic heterocycles. The van der Waals surface area contributed by atoms with Gasteiger partial charge in [0.25, 0.3) is 0 Å². The third kappa shape index (κ3) is 1.97. The lowest BCUT2D eigenvalue weighted by Gasteiger charge is -2.66. The SMILES string of the molecule is COC1CCC2(CC1)C(=O)C1(CCC(OC)CC1)C2(Cl)Cl. The normalized spacial score (nSPS) is 45.8. The van der Waals surface area contributed by atoms with Gasteiger partial charge in [0.05, 0.1) is 23.0 Å². The summed E-state index contributed by atoms with van der Waals surface area (Å²) >= 11 is 13.6. The molecule has 0 aliphatic heterocycles. The van der Waals surface area contributed by atoms with Gasteiger partial charge in [-0.2, -0.15) is 0 Å². The third-order valence-electron chi connectivity index (χ3n) is 6.31. The van der Waals surface area contributed by atoms with Crippen LogP contribution in [0.1, 0.15) is 51.4 Å². The Morgan fingerprint density at radius 2 is 1.19 bits per heavy atom. The fourth-order valence-corrected chi connectivity index (χ4v) is 5.96. The zero-order valence-corrected chi connectivity index (χ0v) is 14.3. The van der Waals surface area contributed by atoms with Crippen molar-refractivity contribution in [3.8, 4) is 0 Å². The van der Waals surface area contributed by atoms with Gasteiger partial charge >= 0.3 is 0 Å². The van der Waals surface area contributed by atoms with Crippen LogP contribution in [0.5, 0.6) is 0 Å². The molecule has 0 amide bonds. The zero-order chi connectivity index (χ0) is 15.3. The van der Waals surface area contributed by atoms with E-state index >= 15 is 0 Å². The van der Waals surface area contributed by atoms with E-state index in [9.17, 15) is 4.79 Å². The molecule has 3 aliphatic rings. The number of rotatable bonds is 2. The average molecular weight is 335 g/mol. The van der Waals surface area contributed by atoms with E-state index in [1.807, 2.05) is 0 Å². The highest BCUT2D eigenvalue weighted by Gasteiger charge is 2.79. The van der Waals surface area contributed by atoms with Crippen molar-refractivity contribution in [1.82, 2.24) is 0 Å². The molecule has 0 aromatic carbocycles. The van der Waals surface area contributed by atoms with Crippen molar-refractivity contribution in [2.75, 3.05) is 14.2 Å². The van der Waals surface area contributed by atoms with E-state index in [-0.39, 0.29) is 12.2 Å². The van der Waals surface area contributed by atoms with E-state index in [1.54, 1.807) is 14.2 Å². The summed E-state index contributed by atoms with van der Waals surface area (Å²) in [7, 11) is 3.46. The molecule has 0 aromatic rings. The molecule has 3 fully saturated rings. The summed E-state index contributed by atoms with van der Waals surface area (Å²) in [4.78, 5) is 13.1. The van der Waals surface area contributed by atoms with Gasteiger partial charge in [-0.05, 0) is 51.4 Å². The first-order chi connectivity index (χ1) is 9.93. The minimum Gasteiger partial charge on any atom is -0.381 e. The molecule has 2 spiro atoms. The predicted octanol–water partition coefficient (Wildman–Crippen LogP) is 3.89. The molecular weight excluding hydrogens is 311 g/mol. The lowest BCUT2D eigenvalue weighted by atomic mass is 9.43. The van der Waals surface area contributed by atoms with Gasteiger partial charge in [-0.25, -0.2) is 0 Å². The molecule has 0 saturated heterocycles. The maximum absolute atomic E-state index is 13.1. The highest BCUT2D eigenvalue weighted by atomic mass is 35.5. The first kappa shape index (κ1) is 16.0. The number of methoxy groups -OCH3 is 2. The highest BCUT2D eigenvalue weighted by Crippen LogP contribution is 2.73. The van der Waals surface area contributed by atoms with Crippen LogP contribution in [0.25, 0.3) is 0 Å². The summed E-state index contributed by atoms with van der Waals surface area (Å²) in [5.74, 6) is 0.309. The molecule has 0 bridgehead atoms. The van der Waals surface area contributed by atoms with Crippen molar-refractivity contribution in [3.63, 3.8) is 0 Å². The number of hydrogen-bond acceptors (Lipinski definition) is 3. The Bertz CT molecular complexity index is 383. The summed E-state index contributed by atoms with van der Waals surface area (Å²) in [5.41, 5.74) is -1.07. The summed E-state index contributed by atoms with van der Waals surface area (Å²) in [6.45, 7) is 0. The molecule has 0 N–H and O–H groups in total. The Kier molecular flexibility index (Phi) is 4.10. The van der Waals surface area contributed by atoms with Gasteiger partial charge in [0.2, 0.25) is 0 Å². The monoisotopic (exact) mass is 334 g/mol. The summed E-state index contributed by atoms with van der Waals surface area (Å²) in [6.07, 6.45) is 7.02. The fourth-order valence-electron chi connectivity index (χ4n) is 4.86. The van der Waals surface area contributed by atoms with Crippen molar-refractivity contribution < 1.29 is 14.3 Å². The summed E-state index contributed by atoms with van der Waals surface area (Å²) in [6, 6.07) is 0. The van der Waals surface area contributed by atoms with Crippen LogP contribution in [0.4, 0.5) is 0 Å². The van der Waals surface area contributed by atoms with Crippen LogP contribution in [0.15, 0.2) is 0 Å². The molecule has 3 nitrogen and oxygen atoms in total. The van der Waals surface area contributed by atoms with Crippen LogP contribution in [-0.4, -0.2) is 36.5 Å². The topological polar surface area (TPSA) is 35.5 Å². The van der Waals surface area contributed by atoms with E-state index in [4.69, 9.17) is 32.7 Å². The molecule has 3 aliphatic carbocycles. The smallest absolute Gasteiger partial charge is 0.151 e. The van der Waals surface area contributed by atoms with Crippen molar-refractivity contribution in [2.24, 2.45) is 10.8 Å². The minimum atomic E-state index is -0.922. The van der Waals surface area contributed by atoms with Gasteiger partial charge in [-0.3, -0.25) is 4.79 Å². The van der Waals surface area contributed by atoms with E-state index < -0.39 is 15.2 Å². The van der Waals surface area contributed by atoms with E-state index in [0.717, 1.165) is 51.4 Å². The molecule has 0 unspecified atom stereocenters. The Balaban J connectivity index is 1.78. The molecule has 21 heavy (non-hydrogen) atoms. The van der Waals surface area contributed by atoms with Crippen molar-refractivity contribution in [3.05, 3.63) is 0 Å². The van der Waals surface area contributed by atoms with Crippen LogP contribution in [0.2, 0.25) is 0 Å². The third-order valence-corrected chi connectivity index (χ3v) is 7.76. The van der Waals surface area contributed by atoms with Gasteiger partial charge in [0, 0.05) is 14.2 Å². The lowest BCUT2D eigenvalue weighted by Crippen LogP contribution is -2.74. The second-order valence-corrected chi connectivity index (χ2v) is 8.27. The van der Waals surface area contributed by atoms with Crippen LogP contribution in [0, 0.1) is 10.8 Å². The van der Waals surface area contributed by atoms with Crippen molar-refractivity contribution in [2.45, 2.75) is 67.9 Å². The maximum Gasteiger partial charge on any atom is 0.151 e. The number of carbonyl (C=O) groups excluding carboxylic acids is 1. The van der Waals surface area contributed by atoms with E-state index in [1.165, 1.54) is 0 Å². The van der Waals surface area contributed by atoms with Crippen LogP contribution in [0.3, 0.4) is 0 Å². The second-order valence-electron chi connectivity index (χ2n) is 6.94. The number of carbonyl (C=O) groups is 1. The first-order valence-electron chi connectivity index (χ1n) is 7.92. The fraction of sp³-hybridized carbons (Fsp3) is 0.938. The van der Waals surface area contributed by atoms with Gasteiger partial charge in [-0.15, -0.1) is 0 Å². The molecular formula is C16H24Cl2O3. The Morgan fingerprint density at radius 1 is 0.857 bits per heavy atom. The summed E-state index contributed by atoms with van der Waals surface area (Å²) < 4.78 is 9.89. The second kappa shape index (κ2) is 5.36. The number of hydrogen-bond donors (Lipinski definition) is 0. The van der Waals surface area contributed by atoms with Gasteiger partial charge in [-0.1, -0.05) is 23.2 Å². The lowest BCUT2D eigenvalue weighted by molar-refractivity contribution is -0.175. The van der Waals surface area contributed by atoms with Crippen molar-refractivity contribution >= 4 is 29.0 Å². The Hall–Kier alpha value is 0.170. The molecule has 0 heterocycles. The number of Topliss-reactive ketones (excluding diaryl/α,β-unsaturated/α-hetero) is 1. The van der Waals surface area contributed by atoms with Gasteiger partial charge in [0.15, 0.2) is 5.78 Å². The number of alkyl halides is 2. The molecule has 5 heteroatoms. The van der Waals surface area contributed by atoms with Crippen molar-refractivity contribution in [1.29, 1.82) is 0 Å².